The van der Waals surface area contributed by atoms with Gasteiger partial charge in [-0.25, -0.2) is 8.42 Å². The summed E-state index contributed by atoms with van der Waals surface area (Å²) in [6.07, 6.45) is 2.29. The standard InChI is InChI=1S/C15H23NO2S/c1-3-11-19(17,18)14-10-9-12-7-5-6-8-13(12)15(14)16-4-2/h5-8,14-16H,3-4,9-11H2,1-2H3. The third-order valence-electron chi connectivity index (χ3n) is 3.83. The van der Waals surface area contributed by atoms with Gasteiger partial charge >= 0.3 is 0 Å². The molecule has 1 aromatic rings. The Morgan fingerprint density at radius 3 is 2.68 bits per heavy atom. The van der Waals surface area contributed by atoms with Gasteiger partial charge in [-0.2, -0.15) is 0 Å². The van der Waals surface area contributed by atoms with Crippen LogP contribution in [0.5, 0.6) is 0 Å². The first kappa shape index (κ1) is 14.5. The minimum atomic E-state index is -3.01. The molecule has 1 aliphatic rings. The molecule has 0 amide bonds. The summed E-state index contributed by atoms with van der Waals surface area (Å²) in [5.74, 6) is 0.293. The average Bonchev–Trinajstić information content (AvgIpc) is 2.39. The molecule has 1 aromatic carbocycles. The Bertz CT molecular complexity index is 525. The molecule has 0 fully saturated rings. The Morgan fingerprint density at radius 2 is 2.00 bits per heavy atom. The lowest BCUT2D eigenvalue weighted by Crippen LogP contribution is -2.41. The number of nitrogens with one attached hydrogen (secondary N) is 1. The van der Waals surface area contributed by atoms with E-state index in [-0.39, 0.29) is 11.3 Å². The molecule has 0 radical (unpaired) electrons. The molecule has 4 heteroatoms. The molecule has 106 valence electrons. The second-order valence-corrected chi connectivity index (χ2v) is 7.52. The van der Waals surface area contributed by atoms with Crippen LogP contribution in [0.4, 0.5) is 0 Å². The summed E-state index contributed by atoms with van der Waals surface area (Å²) < 4.78 is 24.9. The van der Waals surface area contributed by atoms with E-state index in [1.807, 2.05) is 26.0 Å². The zero-order valence-corrected chi connectivity index (χ0v) is 12.5. The molecule has 0 saturated heterocycles. The van der Waals surface area contributed by atoms with Crippen molar-refractivity contribution in [3.05, 3.63) is 35.4 Å². The maximum absolute atomic E-state index is 12.4. The molecule has 1 aliphatic carbocycles. The van der Waals surface area contributed by atoms with E-state index >= 15 is 0 Å². The molecular weight excluding hydrogens is 258 g/mol. The second-order valence-electron chi connectivity index (χ2n) is 5.18. The van der Waals surface area contributed by atoms with Gasteiger partial charge in [0.2, 0.25) is 0 Å². The van der Waals surface area contributed by atoms with Gasteiger partial charge in [0, 0.05) is 6.04 Å². The van der Waals surface area contributed by atoms with Crippen LogP contribution in [-0.4, -0.2) is 26.0 Å². The van der Waals surface area contributed by atoms with Gasteiger partial charge in [-0.05, 0) is 36.9 Å². The molecule has 2 atom stereocenters. The van der Waals surface area contributed by atoms with Crippen LogP contribution in [0.2, 0.25) is 0 Å². The predicted octanol–water partition coefficient (Wildman–Crippen LogP) is 2.48. The third kappa shape index (κ3) is 3.00. The van der Waals surface area contributed by atoms with E-state index in [2.05, 4.69) is 17.4 Å². The number of benzene rings is 1. The maximum atomic E-state index is 12.4. The van der Waals surface area contributed by atoms with Gasteiger partial charge in [0.05, 0.1) is 11.0 Å². The lowest BCUT2D eigenvalue weighted by atomic mass is 9.87. The van der Waals surface area contributed by atoms with Crippen molar-refractivity contribution < 1.29 is 8.42 Å². The lowest BCUT2D eigenvalue weighted by molar-refractivity contribution is 0.457. The molecule has 2 rings (SSSR count). The van der Waals surface area contributed by atoms with E-state index in [4.69, 9.17) is 0 Å². The van der Waals surface area contributed by atoms with E-state index in [0.29, 0.717) is 12.2 Å². The van der Waals surface area contributed by atoms with Crippen molar-refractivity contribution in [3.8, 4) is 0 Å². The minimum absolute atomic E-state index is 0.0495. The van der Waals surface area contributed by atoms with E-state index in [0.717, 1.165) is 19.4 Å². The normalized spacial score (nSPS) is 23.1. The Kier molecular flexibility index (Phi) is 4.63. The molecular formula is C15H23NO2S. The van der Waals surface area contributed by atoms with Crippen molar-refractivity contribution >= 4 is 9.84 Å². The molecule has 0 aromatic heterocycles. The Morgan fingerprint density at radius 1 is 1.26 bits per heavy atom. The molecule has 0 bridgehead atoms. The number of hydrogen-bond donors (Lipinski definition) is 1. The first-order chi connectivity index (χ1) is 9.10. The summed E-state index contributed by atoms with van der Waals surface area (Å²) >= 11 is 0. The second kappa shape index (κ2) is 6.06. The van der Waals surface area contributed by atoms with Gasteiger partial charge in [0.1, 0.15) is 0 Å². The Hall–Kier alpha value is -0.870. The molecule has 2 unspecified atom stereocenters. The molecule has 0 aliphatic heterocycles. The molecule has 0 saturated carbocycles. The first-order valence-electron chi connectivity index (χ1n) is 7.13. The van der Waals surface area contributed by atoms with E-state index in [1.165, 1.54) is 11.1 Å². The molecule has 1 N–H and O–H groups in total. The van der Waals surface area contributed by atoms with Gasteiger partial charge in [-0.15, -0.1) is 0 Å². The van der Waals surface area contributed by atoms with Crippen molar-refractivity contribution in [2.75, 3.05) is 12.3 Å². The maximum Gasteiger partial charge on any atom is 0.155 e. The van der Waals surface area contributed by atoms with Crippen molar-refractivity contribution in [1.82, 2.24) is 5.32 Å². The van der Waals surface area contributed by atoms with Gasteiger partial charge in [0.15, 0.2) is 9.84 Å². The van der Waals surface area contributed by atoms with Crippen molar-refractivity contribution in [2.24, 2.45) is 0 Å². The number of rotatable bonds is 5. The van der Waals surface area contributed by atoms with Gasteiger partial charge in [-0.3, -0.25) is 0 Å². The number of fused-ring (bicyclic) bond motifs is 1. The van der Waals surface area contributed by atoms with Gasteiger partial charge in [-0.1, -0.05) is 38.1 Å². The van der Waals surface area contributed by atoms with E-state index in [1.54, 1.807) is 0 Å². The number of hydrogen-bond acceptors (Lipinski definition) is 3. The average molecular weight is 281 g/mol. The fraction of sp³-hybridized carbons (Fsp3) is 0.600. The minimum Gasteiger partial charge on any atom is -0.309 e. The number of aryl methyl sites for hydroxylation is 1. The van der Waals surface area contributed by atoms with Crippen molar-refractivity contribution in [1.29, 1.82) is 0 Å². The summed E-state index contributed by atoms with van der Waals surface area (Å²) in [5, 5.41) is 3.10. The quantitative estimate of drug-likeness (QED) is 0.902. The fourth-order valence-electron chi connectivity index (χ4n) is 3.01. The molecule has 0 spiro atoms. The summed E-state index contributed by atoms with van der Waals surface area (Å²) in [7, 11) is -3.01. The summed E-state index contributed by atoms with van der Waals surface area (Å²) in [6, 6.07) is 8.16. The van der Waals surface area contributed by atoms with Crippen molar-refractivity contribution in [2.45, 2.75) is 44.4 Å². The largest absolute Gasteiger partial charge is 0.309 e. The molecule has 0 heterocycles. The summed E-state index contributed by atoms with van der Waals surface area (Å²) in [6.45, 7) is 4.74. The monoisotopic (exact) mass is 281 g/mol. The van der Waals surface area contributed by atoms with E-state index in [9.17, 15) is 8.42 Å². The third-order valence-corrected chi connectivity index (χ3v) is 6.24. The highest BCUT2D eigenvalue weighted by Gasteiger charge is 2.36. The van der Waals surface area contributed by atoms with Crippen LogP contribution in [0, 0.1) is 0 Å². The number of sulfone groups is 1. The fourth-order valence-corrected chi connectivity index (χ4v) is 5.02. The lowest BCUT2D eigenvalue weighted by Gasteiger charge is -2.33. The Balaban J connectivity index is 2.37. The SMILES string of the molecule is CCCS(=O)(=O)C1CCc2ccccc2C1NCC. The highest BCUT2D eigenvalue weighted by molar-refractivity contribution is 7.92. The van der Waals surface area contributed by atoms with Gasteiger partial charge < -0.3 is 5.32 Å². The highest BCUT2D eigenvalue weighted by atomic mass is 32.2. The summed E-state index contributed by atoms with van der Waals surface area (Å²) in [5.41, 5.74) is 2.46. The van der Waals surface area contributed by atoms with Crippen molar-refractivity contribution in [3.63, 3.8) is 0 Å². The topological polar surface area (TPSA) is 46.2 Å². The molecule has 3 nitrogen and oxygen atoms in total. The zero-order valence-electron chi connectivity index (χ0n) is 11.7. The Labute approximate surface area is 116 Å². The van der Waals surface area contributed by atoms with Crippen LogP contribution in [0.15, 0.2) is 24.3 Å². The van der Waals surface area contributed by atoms with E-state index < -0.39 is 9.84 Å². The zero-order chi connectivity index (χ0) is 13.9. The molecule has 19 heavy (non-hydrogen) atoms. The van der Waals surface area contributed by atoms with Crippen LogP contribution in [-0.2, 0) is 16.3 Å². The van der Waals surface area contributed by atoms with Crippen LogP contribution < -0.4 is 5.32 Å². The first-order valence-corrected chi connectivity index (χ1v) is 8.84. The smallest absolute Gasteiger partial charge is 0.155 e. The van der Waals surface area contributed by atoms with Gasteiger partial charge in [0.25, 0.3) is 0 Å². The van der Waals surface area contributed by atoms with Crippen LogP contribution in [0.1, 0.15) is 43.9 Å². The predicted molar refractivity (Wildman–Crippen MR) is 79.0 cm³/mol. The van der Waals surface area contributed by atoms with Crippen LogP contribution >= 0.6 is 0 Å². The van der Waals surface area contributed by atoms with Crippen LogP contribution in [0.25, 0.3) is 0 Å². The van der Waals surface area contributed by atoms with Crippen LogP contribution in [0.3, 0.4) is 0 Å². The highest BCUT2D eigenvalue weighted by Crippen LogP contribution is 2.34. The summed E-state index contributed by atoms with van der Waals surface area (Å²) in [4.78, 5) is 0.